The van der Waals surface area contributed by atoms with Gasteiger partial charge in [-0.05, 0) is 30.7 Å². The van der Waals surface area contributed by atoms with Crippen LogP contribution >= 0.6 is 0 Å². The highest BCUT2D eigenvalue weighted by molar-refractivity contribution is 6.08. The Hall–Kier alpha value is -2.81. The van der Waals surface area contributed by atoms with Crippen molar-refractivity contribution in [2.24, 2.45) is 0 Å². The SMILES string of the molecule is COc1ccc2c3cnccc3n(Cc3ccc(C)cc3)c2c1. The molecule has 4 aromatic rings. The molecular weight excluding hydrogens is 284 g/mol. The van der Waals surface area contributed by atoms with Gasteiger partial charge in [0.1, 0.15) is 5.75 Å². The lowest BCUT2D eigenvalue weighted by atomic mass is 10.1. The number of pyridine rings is 1. The molecule has 3 nitrogen and oxygen atoms in total. The van der Waals surface area contributed by atoms with Crippen molar-refractivity contribution in [1.82, 2.24) is 9.55 Å². The molecule has 0 atom stereocenters. The lowest BCUT2D eigenvalue weighted by Crippen LogP contribution is -1.99. The largest absolute Gasteiger partial charge is 0.497 e. The Morgan fingerprint density at radius 2 is 1.78 bits per heavy atom. The first-order valence-corrected chi connectivity index (χ1v) is 7.72. The molecule has 23 heavy (non-hydrogen) atoms. The van der Waals surface area contributed by atoms with Gasteiger partial charge in [-0.3, -0.25) is 4.98 Å². The first kappa shape index (κ1) is 13.8. The minimum atomic E-state index is 0.831. The number of rotatable bonds is 3. The van der Waals surface area contributed by atoms with E-state index in [4.69, 9.17) is 4.74 Å². The average Bonchev–Trinajstić information content (AvgIpc) is 2.90. The fourth-order valence-corrected chi connectivity index (χ4v) is 3.10. The van der Waals surface area contributed by atoms with Crippen LogP contribution in [0.4, 0.5) is 0 Å². The Morgan fingerprint density at radius 1 is 0.957 bits per heavy atom. The Kier molecular flexibility index (Phi) is 3.27. The van der Waals surface area contributed by atoms with Crippen LogP contribution in [0.1, 0.15) is 11.1 Å². The number of benzene rings is 2. The van der Waals surface area contributed by atoms with E-state index in [9.17, 15) is 0 Å². The molecule has 3 heteroatoms. The molecule has 0 spiro atoms. The van der Waals surface area contributed by atoms with Gasteiger partial charge in [-0.2, -0.15) is 0 Å². The van der Waals surface area contributed by atoms with Crippen LogP contribution in [0.2, 0.25) is 0 Å². The van der Waals surface area contributed by atoms with Crippen molar-refractivity contribution in [1.29, 1.82) is 0 Å². The first-order chi connectivity index (χ1) is 11.3. The Bertz CT molecular complexity index is 984. The van der Waals surface area contributed by atoms with E-state index in [1.165, 1.54) is 32.9 Å². The number of fused-ring (bicyclic) bond motifs is 3. The van der Waals surface area contributed by atoms with Gasteiger partial charge in [0.2, 0.25) is 0 Å². The van der Waals surface area contributed by atoms with Gasteiger partial charge in [-0.25, -0.2) is 0 Å². The number of hydrogen-bond acceptors (Lipinski definition) is 2. The molecule has 0 aliphatic heterocycles. The number of ether oxygens (including phenoxy) is 1. The standard InChI is InChI=1S/C20H18N2O/c1-14-3-5-15(6-4-14)13-22-19-9-10-21-12-18(19)17-8-7-16(23-2)11-20(17)22/h3-12H,13H2,1-2H3. The maximum absolute atomic E-state index is 5.41. The molecule has 114 valence electrons. The second-order valence-electron chi connectivity index (χ2n) is 5.85. The van der Waals surface area contributed by atoms with Crippen LogP contribution in [0.5, 0.6) is 5.75 Å². The lowest BCUT2D eigenvalue weighted by molar-refractivity contribution is 0.415. The number of hydrogen-bond donors (Lipinski definition) is 0. The van der Waals surface area contributed by atoms with Gasteiger partial charge >= 0.3 is 0 Å². The summed E-state index contributed by atoms with van der Waals surface area (Å²) in [6.07, 6.45) is 3.79. The Balaban J connectivity index is 1.95. The van der Waals surface area contributed by atoms with Gasteiger partial charge in [-0.15, -0.1) is 0 Å². The van der Waals surface area contributed by atoms with Crippen molar-refractivity contribution in [3.8, 4) is 5.75 Å². The zero-order valence-corrected chi connectivity index (χ0v) is 13.3. The van der Waals surface area contributed by atoms with Gasteiger partial charge in [0.05, 0.1) is 18.1 Å². The van der Waals surface area contributed by atoms with Crippen molar-refractivity contribution in [2.75, 3.05) is 7.11 Å². The van der Waals surface area contributed by atoms with E-state index < -0.39 is 0 Å². The van der Waals surface area contributed by atoms with Gasteiger partial charge in [0.15, 0.2) is 0 Å². The van der Waals surface area contributed by atoms with E-state index in [0.29, 0.717) is 0 Å². The topological polar surface area (TPSA) is 27.1 Å². The maximum Gasteiger partial charge on any atom is 0.120 e. The molecule has 0 fully saturated rings. The van der Waals surface area contributed by atoms with Gasteiger partial charge in [0.25, 0.3) is 0 Å². The minimum Gasteiger partial charge on any atom is -0.497 e. The van der Waals surface area contributed by atoms with Crippen molar-refractivity contribution in [3.05, 3.63) is 72.1 Å². The summed E-state index contributed by atoms with van der Waals surface area (Å²) in [7, 11) is 1.70. The second kappa shape index (κ2) is 5.43. The predicted molar refractivity (Wildman–Crippen MR) is 94.1 cm³/mol. The number of methoxy groups -OCH3 is 1. The zero-order chi connectivity index (χ0) is 15.8. The van der Waals surface area contributed by atoms with Crippen LogP contribution in [0, 0.1) is 6.92 Å². The van der Waals surface area contributed by atoms with Crippen LogP contribution in [0.25, 0.3) is 21.8 Å². The fraction of sp³-hybridized carbons (Fsp3) is 0.150. The normalized spacial score (nSPS) is 11.2. The first-order valence-electron chi connectivity index (χ1n) is 7.72. The van der Waals surface area contributed by atoms with Crippen molar-refractivity contribution in [3.63, 3.8) is 0 Å². The molecule has 2 aromatic heterocycles. The summed E-state index contributed by atoms with van der Waals surface area (Å²) in [4.78, 5) is 4.29. The molecule has 2 aromatic carbocycles. The molecule has 4 rings (SSSR count). The third-order valence-corrected chi connectivity index (χ3v) is 4.34. The molecule has 0 radical (unpaired) electrons. The highest BCUT2D eigenvalue weighted by atomic mass is 16.5. The molecule has 0 bridgehead atoms. The fourth-order valence-electron chi connectivity index (χ4n) is 3.10. The Morgan fingerprint density at radius 3 is 2.57 bits per heavy atom. The average molecular weight is 302 g/mol. The molecule has 0 saturated heterocycles. The molecule has 0 aliphatic carbocycles. The summed E-state index contributed by atoms with van der Waals surface area (Å²) in [5.41, 5.74) is 4.94. The highest BCUT2D eigenvalue weighted by Crippen LogP contribution is 2.31. The molecule has 0 unspecified atom stereocenters. The summed E-state index contributed by atoms with van der Waals surface area (Å²) in [6, 6.07) is 17.0. The van der Waals surface area contributed by atoms with E-state index in [-0.39, 0.29) is 0 Å². The molecule has 0 saturated carbocycles. The maximum atomic E-state index is 5.41. The monoisotopic (exact) mass is 302 g/mol. The van der Waals surface area contributed by atoms with Crippen LogP contribution in [0.3, 0.4) is 0 Å². The van der Waals surface area contributed by atoms with E-state index in [0.717, 1.165) is 12.3 Å². The van der Waals surface area contributed by atoms with Gasteiger partial charge in [-0.1, -0.05) is 29.8 Å². The third kappa shape index (κ3) is 2.34. The van der Waals surface area contributed by atoms with E-state index >= 15 is 0 Å². The quantitative estimate of drug-likeness (QED) is 0.555. The van der Waals surface area contributed by atoms with Crippen LogP contribution in [0.15, 0.2) is 60.9 Å². The summed E-state index contributed by atoms with van der Waals surface area (Å²) in [6.45, 7) is 2.94. The van der Waals surface area contributed by atoms with Crippen molar-refractivity contribution >= 4 is 21.8 Å². The zero-order valence-electron chi connectivity index (χ0n) is 13.3. The van der Waals surface area contributed by atoms with E-state index in [1.807, 2.05) is 18.5 Å². The van der Waals surface area contributed by atoms with Crippen molar-refractivity contribution in [2.45, 2.75) is 13.5 Å². The molecule has 0 N–H and O–H groups in total. The number of aromatic nitrogens is 2. The van der Waals surface area contributed by atoms with Crippen LogP contribution in [-0.2, 0) is 6.54 Å². The van der Waals surface area contributed by atoms with Crippen LogP contribution < -0.4 is 4.74 Å². The molecule has 2 heterocycles. The van der Waals surface area contributed by atoms with Gasteiger partial charge in [0, 0.05) is 35.8 Å². The molecule has 0 aliphatic rings. The second-order valence-corrected chi connectivity index (χ2v) is 5.85. The van der Waals surface area contributed by atoms with Crippen molar-refractivity contribution < 1.29 is 4.74 Å². The van der Waals surface area contributed by atoms with Gasteiger partial charge < -0.3 is 9.30 Å². The summed E-state index contributed by atoms with van der Waals surface area (Å²) < 4.78 is 7.74. The predicted octanol–water partition coefficient (Wildman–Crippen LogP) is 4.55. The number of nitrogens with zero attached hydrogens (tertiary/aromatic N) is 2. The van der Waals surface area contributed by atoms with E-state index in [1.54, 1.807) is 7.11 Å². The third-order valence-electron chi connectivity index (χ3n) is 4.34. The smallest absolute Gasteiger partial charge is 0.120 e. The highest BCUT2D eigenvalue weighted by Gasteiger charge is 2.11. The molecular formula is C20H18N2O. The Labute approximate surface area is 135 Å². The summed E-state index contributed by atoms with van der Waals surface area (Å²) >= 11 is 0. The van der Waals surface area contributed by atoms with Crippen LogP contribution in [-0.4, -0.2) is 16.7 Å². The lowest BCUT2D eigenvalue weighted by Gasteiger charge is -2.09. The summed E-state index contributed by atoms with van der Waals surface area (Å²) in [5, 5.41) is 2.39. The number of aryl methyl sites for hydroxylation is 1. The molecule has 0 amide bonds. The summed E-state index contributed by atoms with van der Waals surface area (Å²) in [5.74, 6) is 0.874. The minimum absolute atomic E-state index is 0.831. The van der Waals surface area contributed by atoms with E-state index in [2.05, 4.69) is 58.9 Å².